The van der Waals surface area contributed by atoms with Crippen LogP contribution in [0.25, 0.3) is 10.9 Å². The molecule has 1 aromatic heterocycles. The molecule has 5 nitrogen and oxygen atoms in total. The molecule has 1 fully saturated rings. The molecule has 0 radical (unpaired) electrons. The van der Waals surface area contributed by atoms with Crippen molar-refractivity contribution in [2.45, 2.75) is 57.4 Å². The van der Waals surface area contributed by atoms with E-state index in [0.29, 0.717) is 18.5 Å². The summed E-state index contributed by atoms with van der Waals surface area (Å²) < 4.78 is 21.7. The second-order valence-electron chi connectivity index (χ2n) is 9.16. The van der Waals surface area contributed by atoms with Crippen molar-refractivity contribution >= 4 is 17.0 Å². The van der Waals surface area contributed by atoms with Gasteiger partial charge in [-0.3, -0.25) is 0 Å². The Labute approximate surface area is 182 Å². The van der Waals surface area contributed by atoms with E-state index in [1.807, 2.05) is 67.9 Å². The molecule has 1 amide bonds. The fourth-order valence-electron chi connectivity index (χ4n) is 4.47. The number of hydrogen-bond acceptors (Lipinski definition) is 3. The Bertz CT molecular complexity index is 1070. The number of ether oxygens (including phenoxy) is 1. The van der Waals surface area contributed by atoms with Crippen LogP contribution in [0.2, 0.25) is 0 Å². The smallest absolute Gasteiger partial charge is 0.410 e. The van der Waals surface area contributed by atoms with Crippen molar-refractivity contribution in [3.63, 3.8) is 0 Å². The number of benzene rings is 2. The van der Waals surface area contributed by atoms with Gasteiger partial charge in [0.1, 0.15) is 11.4 Å². The highest BCUT2D eigenvalue weighted by atomic mass is 19.1. The topological polar surface area (TPSA) is 54.7 Å². The van der Waals surface area contributed by atoms with Crippen LogP contribution in [0.3, 0.4) is 0 Å². The van der Waals surface area contributed by atoms with Crippen LogP contribution in [0.4, 0.5) is 9.18 Å². The molecule has 0 spiro atoms. The van der Waals surface area contributed by atoms with E-state index < -0.39 is 29.9 Å². The molecule has 3 aromatic rings. The maximum absolute atomic E-state index is 14.1. The number of hydrogen-bond donors (Lipinski definition) is 1. The van der Waals surface area contributed by atoms with E-state index in [9.17, 15) is 14.3 Å². The van der Waals surface area contributed by atoms with Gasteiger partial charge in [0.15, 0.2) is 0 Å². The molecule has 6 heteroatoms. The van der Waals surface area contributed by atoms with E-state index in [1.54, 1.807) is 11.0 Å². The Morgan fingerprint density at radius 2 is 1.94 bits per heavy atom. The number of aliphatic hydroxyl groups excluding tert-OH is 1. The largest absolute Gasteiger partial charge is 0.444 e. The zero-order valence-corrected chi connectivity index (χ0v) is 18.2. The number of nitrogens with zero attached hydrogens (tertiary/aromatic N) is 2. The predicted octanol–water partition coefficient (Wildman–Crippen LogP) is 5.13. The second-order valence-corrected chi connectivity index (χ2v) is 9.16. The molecule has 1 saturated heterocycles. The quantitative estimate of drug-likeness (QED) is 0.632. The highest BCUT2D eigenvalue weighted by molar-refractivity contribution is 5.80. The van der Waals surface area contributed by atoms with Crippen molar-refractivity contribution in [1.29, 1.82) is 0 Å². The van der Waals surface area contributed by atoms with Crippen LogP contribution < -0.4 is 0 Å². The van der Waals surface area contributed by atoms with Gasteiger partial charge in [-0.15, -0.1) is 0 Å². The Kier molecular flexibility index (Phi) is 5.75. The molecular formula is C25H29FN2O3. The third kappa shape index (κ3) is 4.44. The number of aliphatic hydroxyl groups is 1. The first kappa shape index (κ1) is 21.4. The number of rotatable bonds is 4. The van der Waals surface area contributed by atoms with Crippen molar-refractivity contribution in [3.8, 4) is 0 Å². The zero-order valence-electron chi connectivity index (χ0n) is 18.2. The molecule has 1 N–H and O–H groups in total. The van der Waals surface area contributed by atoms with E-state index in [4.69, 9.17) is 4.74 Å². The first-order valence-corrected chi connectivity index (χ1v) is 10.7. The lowest BCUT2D eigenvalue weighted by Crippen LogP contribution is -2.48. The van der Waals surface area contributed by atoms with Gasteiger partial charge in [0.2, 0.25) is 0 Å². The second kappa shape index (κ2) is 8.35. The molecule has 2 aromatic carbocycles. The van der Waals surface area contributed by atoms with E-state index in [2.05, 4.69) is 0 Å². The number of para-hydroxylation sites is 1. The highest BCUT2D eigenvalue weighted by Gasteiger charge is 2.40. The zero-order chi connectivity index (χ0) is 22.2. The van der Waals surface area contributed by atoms with Crippen LogP contribution in [0.1, 0.15) is 45.2 Å². The summed E-state index contributed by atoms with van der Waals surface area (Å²) in [7, 11) is 0. The summed E-state index contributed by atoms with van der Waals surface area (Å²) in [5, 5.41) is 12.6. The van der Waals surface area contributed by atoms with Crippen molar-refractivity contribution < 1.29 is 19.0 Å². The first-order chi connectivity index (χ1) is 14.7. The molecule has 1 aliphatic heterocycles. The van der Waals surface area contributed by atoms with Crippen LogP contribution in [0, 0.1) is 5.82 Å². The molecule has 2 heterocycles. The van der Waals surface area contributed by atoms with E-state index in [-0.39, 0.29) is 5.82 Å². The number of halogens is 1. The van der Waals surface area contributed by atoms with Gasteiger partial charge in [-0.25, -0.2) is 9.18 Å². The summed E-state index contributed by atoms with van der Waals surface area (Å²) >= 11 is 0. The molecule has 164 valence electrons. The molecule has 3 atom stereocenters. The van der Waals surface area contributed by atoms with Crippen molar-refractivity contribution in [3.05, 3.63) is 72.2 Å². The molecule has 0 aliphatic carbocycles. The van der Waals surface area contributed by atoms with Gasteiger partial charge >= 0.3 is 6.09 Å². The maximum atomic E-state index is 14.1. The molecule has 4 rings (SSSR count). The molecule has 1 aliphatic rings. The first-order valence-electron chi connectivity index (χ1n) is 10.7. The van der Waals surface area contributed by atoms with Gasteiger partial charge in [0.05, 0.1) is 18.2 Å². The maximum Gasteiger partial charge on any atom is 0.410 e. The van der Waals surface area contributed by atoms with Crippen molar-refractivity contribution in [1.82, 2.24) is 9.47 Å². The molecule has 2 unspecified atom stereocenters. The summed E-state index contributed by atoms with van der Waals surface area (Å²) in [6.45, 7) is 6.01. The van der Waals surface area contributed by atoms with Gasteiger partial charge in [-0.1, -0.05) is 30.3 Å². The Balaban J connectivity index is 1.74. The Hall–Kier alpha value is -2.86. The van der Waals surface area contributed by atoms with Crippen molar-refractivity contribution in [2.24, 2.45) is 0 Å². The van der Waals surface area contributed by atoms with E-state index in [0.717, 1.165) is 17.3 Å². The van der Waals surface area contributed by atoms with E-state index in [1.165, 1.54) is 12.1 Å². The molecule has 0 saturated carbocycles. The monoisotopic (exact) mass is 424 g/mol. The SMILES string of the molecule is CC(C)(C)OC(=O)N1CCC[C@H]1C(O)C(c1cccc(F)c1)n1ccc2ccccc21. The summed E-state index contributed by atoms with van der Waals surface area (Å²) in [5.41, 5.74) is 0.982. The molecular weight excluding hydrogens is 395 g/mol. The predicted molar refractivity (Wildman–Crippen MR) is 118 cm³/mol. The summed E-state index contributed by atoms with van der Waals surface area (Å²) in [6, 6.07) is 15.2. The van der Waals surface area contributed by atoms with Crippen LogP contribution in [-0.2, 0) is 4.74 Å². The fraction of sp³-hybridized carbons (Fsp3) is 0.400. The van der Waals surface area contributed by atoms with Crippen LogP contribution in [0.5, 0.6) is 0 Å². The standard InChI is InChI=1S/C25H29FN2O3/c1-25(2,3)31-24(30)28-14-7-12-21(28)23(29)22(18-9-6-10-19(26)16-18)27-15-13-17-8-4-5-11-20(17)27/h4-6,8-11,13,15-16,21-23,29H,7,12,14H2,1-3H3/t21-,22?,23?/m0/s1. The van der Waals surface area contributed by atoms with Gasteiger partial charge < -0.3 is 19.3 Å². The number of amides is 1. The molecule has 31 heavy (non-hydrogen) atoms. The minimum atomic E-state index is -0.937. The third-order valence-corrected chi connectivity index (χ3v) is 5.76. The van der Waals surface area contributed by atoms with Crippen LogP contribution in [0.15, 0.2) is 60.8 Å². The van der Waals surface area contributed by atoms with Gasteiger partial charge in [0, 0.05) is 18.3 Å². The Morgan fingerprint density at radius 1 is 1.16 bits per heavy atom. The van der Waals surface area contributed by atoms with E-state index >= 15 is 0 Å². The summed E-state index contributed by atoms with van der Waals surface area (Å²) in [5.74, 6) is -0.360. The minimum absolute atomic E-state index is 0.360. The lowest BCUT2D eigenvalue weighted by Gasteiger charge is -2.35. The Morgan fingerprint density at radius 3 is 2.68 bits per heavy atom. The van der Waals surface area contributed by atoms with Gasteiger partial charge in [-0.2, -0.15) is 0 Å². The van der Waals surface area contributed by atoms with Crippen molar-refractivity contribution in [2.75, 3.05) is 6.54 Å². The van der Waals surface area contributed by atoms with Gasteiger partial charge in [-0.05, 0) is 68.8 Å². The minimum Gasteiger partial charge on any atom is -0.444 e. The highest BCUT2D eigenvalue weighted by Crippen LogP contribution is 2.34. The molecule has 0 bridgehead atoms. The normalized spacial score (nSPS) is 18.9. The average molecular weight is 425 g/mol. The number of carbonyl (C=O) groups excluding carboxylic acids is 1. The average Bonchev–Trinajstić information content (AvgIpc) is 3.35. The third-order valence-electron chi connectivity index (χ3n) is 5.76. The van der Waals surface area contributed by atoms with Gasteiger partial charge in [0.25, 0.3) is 0 Å². The fourth-order valence-corrected chi connectivity index (χ4v) is 4.47. The van der Waals surface area contributed by atoms with Crippen LogP contribution >= 0.6 is 0 Å². The number of carbonyl (C=O) groups is 1. The number of fused-ring (bicyclic) bond motifs is 1. The summed E-state index contributed by atoms with van der Waals surface area (Å²) in [6.07, 6.45) is 1.99. The van der Waals surface area contributed by atoms with Crippen LogP contribution in [-0.4, -0.2) is 45.0 Å². The lowest BCUT2D eigenvalue weighted by molar-refractivity contribution is -0.00165. The number of aromatic nitrogens is 1. The lowest BCUT2D eigenvalue weighted by atomic mass is 9.94. The summed E-state index contributed by atoms with van der Waals surface area (Å²) in [4.78, 5) is 14.4. The number of likely N-dealkylation sites (tertiary alicyclic amines) is 1.